The van der Waals surface area contributed by atoms with Gasteiger partial charge in [0.15, 0.2) is 0 Å². The highest BCUT2D eigenvalue weighted by molar-refractivity contribution is 5.31. The van der Waals surface area contributed by atoms with Crippen LogP contribution in [-0.4, -0.2) is 10.0 Å². The number of aliphatic hydroxyl groups is 1. The molecule has 1 aliphatic heterocycles. The molecule has 154 valence electrons. The summed E-state index contributed by atoms with van der Waals surface area (Å²) in [5.41, 5.74) is 3.72. The molecular weight excluding hydrogens is 378 g/mol. The molecule has 1 aliphatic carbocycles. The first-order valence-electron chi connectivity index (χ1n) is 10.4. The van der Waals surface area contributed by atoms with Crippen molar-refractivity contribution in [1.29, 1.82) is 0 Å². The van der Waals surface area contributed by atoms with Gasteiger partial charge < -0.3 is 14.3 Å². The number of rotatable bonds is 6. The van der Waals surface area contributed by atoms with Crippen LogP contribution >= 0.6 is 0 Å². The van der Waals surface area contributed by atoms with Gasteiger partial charge in [0.05, 0.1) is 12.1 Å². The molecule has 2 aromatic carbocycles. The average Bonchev–Trinajstić information content (AvgIpc) is 3.14. The van der Waals surface area contributed by atoms with Crippen molar-refractivity contribution in [2.24, 2.45) is 0 Å². The standard InChI is InChI=1S/C25H25NO4/c27-23-12-22(15-26-13-19-4-1-2-5-20(19)14-26)29-17-24(23)30-16-18-6-8-21(9-7-18)25(28)10-3-11-25/h1-2,4-9,12,17,28H,3,10-11,13-16H2. The smallest absolute Gasteiger partial charge is 0.227 e. The summed E-state index contributed by atoms with van der Waals surface area (Å²) in [4.78, 5) is 14.7. The first kappa shape index (κ1) is 19.1. The van der Waals surface area contributed by atoms with Gasteiger partial charge in [0, 0.05) is 19.2 Å². The van der Waals surface area contributed by atoms with Crippen LogP contribution in [0.25, 0.3) is 0 Å². The molecule has 0 radical (unpaired) electrons. The Kier molecular flexibility index (Phi) is 4.93. The molecule has 0 spiro atoms. The molecule has 0 amide bonds. The fourth-order valence-electron chi connectivity index (χ4n) is 4.24. The summed E-state index contributed by atoms with van der Waals surface area (Å²) in [6.45, 7) is 2.60. The Morgan fingerprint density at radius 1 is 1.03 bits per heavy atom. The zero-order valence-corrected chi connectivity index (χ0v) is 16.8. The number of nitrogens with zero attached hydrogens (tertiary/aromatic N) is 1. The number of ether oxygens (including phenoxy) is 1. The Morgan fingerprint density at radius 2 is 1.73 bits per heavy atom. The summed E-state index contributed by atoms with van der Waals surface area (Å²) < 4.78 is 11.4. The molecule has 5 heteroatoms. The van der Waals surface area contributed by atoms with Crippen molar-refractivity contribution in [3.05, 3.63) is 99.1 Å². The highest BCUT2D eigenvalue weighted by Gasteiger charge is 2.35. The van der Waals surface area contributed by atoms with Crippen LogP contribution in [0.2, 0.25) is 0 Å². The van der Waals surface area contributed by atoms with E-state index in [-0.39, 0.29) is 17.8 Å². The molecular formula is C25H25NO4. The number of fused-ring (bicyclic) bond motifs is 1. The van der Waals surface area contributed by atoms with Crippen LogP contribution in [0.3, 0.4) is 0 Å². The Morgan fingerprint density at radius 3 is 2.33 bits per heavy atom. The van der Waals surface area contributed by atoms with Crippen LogP contribution in [0, 0.1) is 0 Å². The van der Waals surface area contributed by atoms with Crippen molar-refractivity contribution in [2.45, 2.75) is 51.1 Å². The quantitative estimate of drug-likeness (QED) is 0.671. The van der Waals surface area contributed by atoms with E-state index in [1.54, 1.807) is 0 Å². The predicted octanol–water partition coefficient (Wildman–Crippen LogP) is 4.11. The molecule has 0 atom stereocenters. The van der Waals surface area contributed by atoms with Gasteiger partial charge in [0.1, 0.15) is 18.6 Å². The second-order valence-corrected chi connectivity index (χ2v) is 8.36. The van der Waals surface area contributed by atoms with Crippen LogP contribution in [0.4, 0.5) is 0 Å². The van der Waals surface area contributed by atoms with Gasteiger partial charge in [-0.15, -0.1) is 0 Å². The molecule has 1 fully saturated rings. The first-order valence-corrected chi connectivity index (χ1v) is 10.4. The van der Waals surface area contributed by atoms with Crippen molar-refractivity contribution in [3.8, 4) is 5.75 Å². The third-order valence-corrected chi connectivity index (χ3v) is 6.20. The highest BCUT2D eigenvalue weighted by Crippen LogP contribution is 2.40. The van der Waals surface area contributed by atoms with Gasteiger partial charge in [-0.2, -0.15) is 0 Å². The largest absolute Gasteiger partial charge is 0.482 e. The van der Waals surface area contributed by atoms with E-state index < -0.39 is 5.60 Å². The molecule has 5 rings (SSSR count). The Bertz CT molecular complexity index is 1070. The maximum Gasteiger partial charge on any atom is 0.227 e. The van der Waals surface area contributed by atoms with E-state index in [9.17, 15) is 9.90 Å². The SMILES string of the molecule is O=c1cc(CN2Cc3ccccc3C2)occ1OCc1ccc(C2(O)CCC2)cc1. The summed E-state index contributed by atoms with van der Waals surface area (Å²) in [6, 6.07) is 17.7. The third kappa shape index (κ3) is 3.78. The molecule has 0 bridgehead atoms. The molecule has 0 saturated heterocycles. The lowest BCUT2D eigenvalue weighted by atomic mass is 9.75. The topological polar surface area (TPSA) is 62.9 Å². The summed E-state index contributed by atoms with van der Waals surface area (Å²) in [5.74, 6) is 0.850. The lowest BCUT2D eigenvalue weighted by molar-refractivity contribution is -0.0388. The van der Waals surface area contributed by atoms with Crippen molar-refractivity contribution < 1.29 is 14.3 Å². The lowest BCUT2D eigenvalue weighted by Crippen LogP contribution is -2.33. The molecule has 1 N–H and O–H groups in total. The van der Waals surface area contributed by atoms with Gasteiger partial charge in [-0.3, -0.25) is 9.69 Å². The number of hydrogen-bond acceptors (Lipinski definition) is 5. The minimum Gasteiger partial charge on any atom is -0.482 e. The zero-order chi connectivity index (χ0) is 20.6. The van der Waals surface area contributed by atoms with E-state index in [1.165, 1.54) is 23.5 Å². The summed E-state index contributed by atoms with van der Waals surface area (Å²) in [7, 11) is 0. The highest BCUT2D eigenvalue weighted by atomic mass is 16.5. The first-order chi connectivity index (χ1) is 14.6. The monoisotopic (exact) mass is 403 g/mol. The van der Waals surface area contributed by atoms with Gasteiger partial charge in [-0.1, -0.05) is 48.5 Å². The zero-order valence-electron chi connectivity index (χ0n) is 16.8. The van der Waals surface area contributed by atoms with Crippen LogP contribution in [0.1, 0.15) is 47.3 Å². The maximum absolute atomic E-state index is 12.4. The van der Waals surface area contributed by atoms with Gasteiger partial charge >= 0.3 is 0 Å². The molecule has 1 saturated carbocycles. The lowest BCUT2D eigenvalue weighted by Gasteiger charge is -2.37. The molecule has 2 heterocycles. The number of hydrogen-bond donors (Lipinski definition) is 1. The van der Waals surface area contributed by atoms with Crippen LogP contribution in [-0.2, 0) is 31.8 Å². The molecule has 30 heavy (non-hydrogen) atoms. The van der Waals surface area contributed by atoms with Gasteiger partial charge in [0.2, 0.25) is 11.2 Å². The van der Waals surface area contributed by atoms with Crippen LogP contribution < -0.4 is 10.2 Å². The minimum atomic E-state index is -0.660. The molecule has 2 aliphatic rings. The van der Waals surface area contributed by atoms with E-state index in [4.69, 9.17) is 9.15 Å². The minimum absolute atomic E-state index is 0.173. The second kappa shape index (κ2) is 7.74. The summed E-state index contributed by atoms with van der Waals surface area (Å²) in [6.07, 6.45) is 4.11. The Hall–Kier alpha value is -2.89. The van der Waals surface area contributed by atoms with Crippen molar-refractivity contribution in [2.75, 3.05) is 0 Å². The average molecular weight is 403 g/mol. The maximum atomic E-state index is 12.4. The van der Waals surface area contributed by atoms with Crippen LogP contribution in [0.15, 0.2) is 70.1 Å². The van der Waals surface area contributed by atoms with E-state index in [0.29, 0.717) is 12.3 Å². The molecule has 0 unspecified atom stereocenters. The van der Waals surface area contributed by atoms with E-state index in [0.717, 1.165) is 43.5 Å². The normalized spacial score (nSPS) is 17.4. The second-order valence-electron chi connectivity index (χ2n) is 8.36. The van der Waals surface area contributed by atoms with Crippen molar-refractivity contribution >= 4 is 0 Å². The Labute approximate surface area is 175 Å². The van der Waals surface area contributed by atoms with Crippen molar-refractivity contribution in [1.82, 2.24) is 4.90 Å². The fraction of sp³-hybridized carbons (Fsp3) is 0.320. The number of benzene rings is 2. The molecule has 5 nitrogen and oxygen atoms in total. The van der Waals surface area contributed by atoms with E-state index in [1.807, 2.05) is 24.3 Å². The van der Waals surface area contributed by atoms with Gasteiger partial charge in [0.25, 0.3) is 0 Å². The van der Waals surface area contributed by atoms with Crippen LogP contribution in [0.5, 0.6) is 5.75 Å². The van der Waals surface area contributed by atoms with Gasteiger partial charge in [-0.05, 0) is 41.5 Å². The van der Waals surface area contributed by atoms with Gasteiger partial charge in [-0.25, -0.2) is 0 Å². The summed E-state index contributed by atoms with van der Waals surface area (Å²) in [5, 5.41) is 10.4. The molecule has 1 aromatic heterocycles. The Balaban J connectivity index is 1.19. The summed E-state index contributed by atoms with van der Waals surface area (Å²) >= 11 is 0. The third-order valence-electron chi connectivity index (χ3n) is 6.20. The van der Waals surface area contributed by atoms with E-state index in [2.05, 4.69) is 29.2 Å². The van der Waals surface area contributed by atoms with Crippen molar-refractivity contribution in [3.63, 3.8) is 0 Å². The molecule has 3 aromatic rings. The predicted molar refractivity (Wildman–Crippen MR) is 113 cm³/mol. The van der Waals surface area contributed by atoms with E-state index >= 15 is 0 Å². The fourth-order valence-corrected chi connectivity index (χ4v) is 4.24.